The zero-order valence-electron chi connectivity index (χ0n) is 13.6. The third-order valence-corrected chi connectivity index (χ3v) is 5.08. The van der Waals surface area contributed by atoms with Crippen molar-refractivity contribution >= 4 is 17.4 Å². The van der Waals surface area contributed by atoms with E-state index in [9.17, 15) is 4.79 Å². The van der Waals surface area contributed by atoms with E-state index in [1.165, 1.54) is 5.56 Å². The van der Waals surface area contributed by atoms with E-state index in [0.29, 0.717) is 6.54 Å². The smallest absolute Gasteiger partial charge is 0.317 e. The largest absolute Gasteiger partial charge is 0.468 e. The topological polar surface area (TPSA) is 48.7 Å². The molecular formula is C17H23N3O2S. The Balaban J connectivity index is 1.62. The Morgan fingerprint density at radius 2 is 2.39 bits per heavy atom. The molecule has 23 heavy (non-hydrogen) atoms. The van der Waals surface area contributed by atoms with E-state index >= 15 is 0 Å². The zero-order chi connectivity index (χ0) is 16.2. The lowest BCUT2D eigenvalue weighted by Gasteiger charge is -2.27. The minimum atomic E-state index is 0.0112. The van der Waals surface area contributed by atoms with Crippen molar-refractivity contribution in [2.24, 2.45) is 0 Å². The predicted octanol–water partition coefficient (Wildman–Crippen LogP) is 3.49. The average molecular weight is 333 g/mol. The summed E-state index contributed by atoms with van der Waals surface area (Å²) in [6, 6.07) is 6.20. The van der Waals surface area contributed by atoms with Crippen molar-refractivity contribution in [3.05, 3.63) is 46.5 Å². The summed E-state index contributed by atoms with van der Waals surface area (Å²) in [5.74, 6) is 0.867. The lowest BCUT2D eigenvalue weighted by Crippen LogP contribution is -2.42. The Morgan fingerprint density at radius 1 is 1.52 bits per heavy atom. The van der Waals surface area contributed by atoms with E-state index in [4.69, 9.17) is 4.42 Å². The molecule has 124 valence electrons. The number of furan rings is 1. The number of rotatable bonds is 5. The summed E-state index contributed by atoms with van der Waals surface area (Å²) in [6.45, 7) is 1.35. The fraction of sp³-hybridized carbons (Fsp3) is 0.471. The van der Waals surface area contributed by atoms with Crippen molar-refractivity contribution in [3.63, 3.8) is 0 Å². The van der Waals surface area contributed by atoms with Gasteiger partial charge in [-0.3, -0.25) is 4.90 Å². The van der Waals surface area contributed by atoms with Gasteiger partial charge in [-0.2, -0.15) is 11.3 Å². The molecule has 5 nitrogen and oxygen atoms in total. The summed E-state index contributed by atoms with van der Waals surface area (Å²) in [7, 11) is 3.98. The summed E-state index contributed by atoms with van der Waals surface area (Å²) < 4.78 is 5.49. The van der Waals surface area contributed by atoms with E-state index in [2.05, 4.69) is 27.0 Å². The summed E-state index contributed by atoms with van der Waals surface area (Å²) in [6.07, 6.45) is 3.77. The first-order valence-electron chi connectivity index (χ1n) is 7.93. The molecule has 3 rings (SSSR count). The number of likely N-dealkylation sites (N-methyl/N-ethyl adjacent to an activating group) is 1. The standard InChI is InChI=1S/C17H23N3O2S/c1-19(2)15(16-6-4-9-22-16)11-18-17(21)20-8-3-5-14(20)13-7-10-23-12-13/h4,6-7,9-10,12,14-15H,3,5,8,11H2,1-2H3,(H,18,21)/t14-,15+/m0/s1. The highest BCUT2D eigenvalue weighted by Crippen LogP contribution is 2.33. The second-order valence-corrected chi connectivity index (χ2v) is 6.87. The molecule has 1 fully saturated rings. The van der Waals surface area contributed by atoms with Crippen LogP contribution >= 0.6 is 11.3 Å². The van der Waals surface area contributed by atoms with Crippen molar-refractivity contribution in [3.8, 4) is 0 Å². The van der Waals surface area contributed by atoms with Crippen molar-refractivity contribution in [2.45, 2.75) is 24.9 Å². The minimum absolute atomic E-state index is 0.0112. The Labute approximate surface area is 140 Å². The summed E-state index contributed by atoms with van der Waals surface area (Å²) in [5, 5.41) is 7.29. The molecule has 2 aromatic rings. The normalized spacial score (nSPS) is 19.3. The van der Waals surface area contributed by atoms with E-state index in [0.717, 1.165) is 25.1 Å². The molecule has 6 heteroatoms. The van der Waals surface area contributed by atoms with Gasteiger partial charge in [-0.25, -0.2) is 4.79 Å². The molecule has 0 bridgehead atoms. The number of thiophene rings is 1. The van der Waals surface area contributed by atoms with Crippen LogP contribution in [-0.4, -0.2) is 43.0 Å². The summed E-state index contributed by atoms with van der Waals surface area (Å²) >= 11 is 1.68. The van der Waals surface area contributed by atoms with Crippen molar-refractivity contribution < 1.29 is 9.21 Å². The molecule has 0 saturated carbocycles. The molecule has 2 aromatic heterocycles. The van der Waals surface area contributed by atoms with Gasteiger partial charge in [-0.05, 0) is 61.5 Å². The van der Waals surface area contributed by atoms with Gasteiger partial charge in [0.2, 0.25) is 0 Å². The van der Waals surface area contributed by atoms with E-state index in [-0.39, 0.29) is 18.1 Å². The van der Waals surface area contributed by atoms with Gasteiger partial charge in [0.15, 0.2) is 0 Å². The van der Waals surface area contributed by atoms with Crippen LogP contribution in [0, 0.1) is 0 Å². The van der Waals surface area contributed by atoms with Gasteiger partial charge in [0.1, 0.15) is 5.76 Å². The van der Waals surface area contributed by atoms with Crippen LogP contribution in [0.4, 0.5) is 4.79 Å². The molecule has 2 amide bonds. The molecule has 0 spiro atoms. The van der Waals surface area contributed by atoms with Gasteiger partial charge < -0.3 is 14.6 Å². The quantitative estimate of drug-likeness (QED) is 0.911. The number of amides is 2. The number of carbonyl (C=O) groups excluding carboxylic acids is 1. The molecule has 1 aliphatic rings. The number of hydrogen-bond donors (Lipinski definition) is 1. The van der Waals surface area contributed by atoms with Crippen LogP contribution in [0.2, 0.25) is 0 Å². The maximum absolute atomic E-state index is 12.6. The lowest BCUT2D eigenvalue weighted by molar-refractivity contribution is 0.185. The summed E-state index contributed by atoms with van der Waals surface area (Å²) in [4.78, 5) is 16.6. The third-order valence-electron chi connectivity index (χ3n) is 4.38. The van der Waals surface area contributed by atoms with Gasteiger partial charge in [0.05, 0.1) is 18.3 Å². The minimum Gasteiger partial charge on any atom is -0.468 e. The number of urea groups is 1. The molecule has 1 N–H and O–H groups in total. The molecule has 0 aromatic carbocycles. The molecule has 1 aliphatic heterocycles. The first-order valence-corrected chi connectivity index (χ1v) is 8.87. The van der Waals surface area contributed by atoms with Gasteiger partial charge >= 0.3 is 6.03 Å². The third kappa shape index (κ3) is 3.59. The maximum atomic E-state index is 12.6. The molecule has 2 atom stereocenters. The van der Waals surface area contributed by atoms with Gasteiger partial charge in [0.25, 0.3) is 0 Å². The Bertz CT molecular complexity index is 610. The Hall–Kier alpha value is -1.79. The second kappa shape index (κ2) is 7.19. The van der Waals surface area contributed by atoms with Crippen LogP contribution in [-0.2, 0) is 0 Å². The van der Waals surface area contributed by atoms with Crippen molar-refractivity contribution in [1.29, 1.82) is 0 Å². The SMILES string of the molecule is CN(C)[C@H](CNC(=O)N1CCC[C@H]1c1ccsc1)c1ccco1. The first kappa shape index (κ1) is 16.1. The fourth-order valence-electron chi connectivity index (χ4n) is 3.13. The van der Waals surface area contributed by atoms with E-state index < -0.39 is 0 Å². The van der Waals surface area contributed by atoms with Crippen LogP contribution in [0.1, 0.15) is 36.2 Å². The van der Waals surface area contributed by atoms with Crippen LogP contribution in [0.15, 0.2) is 39.6 Å². The molecule has 1 saturated heterocycles. The number of carbonyl (C=O) groups is 1. The molecule has 0 radical (unpaired) electrons. The van der Waals surface area contributed by atoms with Gasteiger partial charge in [0, 0.05) is 13.1 Å². The van der Waals surface area contributed by atoms with Crippen LogP contribution in [0.3, 0.4) is 0 Å². The highest BCUT2D eigenvalue weighted by molar-refractivity contribution is 7.07. The zero-order valence-corrected chi connectivity index (χ0v) is 14.4. The molecule has 0 aliphatic carbocycles. The van der Waals surface area contributed by atoms with Crippen LogP contribution in [0.5, 0.6) is 0 Å². The molecule has 3 heterocycles. The number of hydrogen-bond acceptors (Lipinski definition) is 4. The highest BCUT2D eigenvalue weighted by atomic mass is 32.1. The van der Waals surface area contributed by atoms with Crippen molar-refractivity contribution in [2.75, 3.05) is 27.2 Å². The Kier molecular flexibility index (Phi) is 5.03. The second-order valence-electron chi connectivity index (χ2n) is 6.09. The number of nitrogens with one attached hydrogen (secondary N) is 1. The predicted molar refractivity (Wildman–Crippen MR) is 91.5 cm³/mol. The fourth-order valence-corrected chi connectivity index (χ4v) is 3.83. The van der Waals surface area contributed by atoms with E-state index in [1.807, 2.05) is 31.1 Å². The maximum Gasteiger partial charge on any atom is 0.317 e. The Morgan fingerprint density at radius 3 is 3.04 bits per heavy atom. The number of likely N-dealkylation sites (tertiary alicyclic amines) is 1. The average Bonchev–Trinajstić information content (AvgIpc) is 3.27. The van der Waals surface area contributed by atoms with E-state index in [1.54, 1.807) is 17.6 Å². The van der Waals surface area contributed by atoms with Gasteiger partial charge in [-0.1, -0.05) is 0 Å². The number of nitrogens with zero attached hydrogens (tertiary/aromatic N) is 2. The highest BCUT2D eigenvalue weighted by Gasteiger charge is 2.30. The monoisotopic (exact) mass is 333 g/mol. The first-order chi connectivity index (χ1) is 11.2. The molecule has 0 unspecified atom stereocenters. The molecular weight excluding hydrogens is 310 g/mol. The van der Waals surface area contributed by atoms with Crippen LogP contribution < -0.4 is 5.32 Å². The van der Waals surface area contributed by atoms with Crippen molar-refractivity contribution in [1.82, 2.24) is 15.1 Å². The van der Waals surface area contributed by atoms with Gasteiger partial charge in [-0.15, -0.1) is 0 Å². The lowest BCUT2D eigenvalue weighted by atomic mass is 10.1. The summed E-state index contributed by atoms with van der Waals surface area (Å²) in [5.41, 5.74) is 1.25. The van der Waals surface area contributed by atoms with Crippen LogP contribution in [0.25, 0.3) is 0 Å².